The molecule has 0 aliphatic heterocycles. The van der Waals surface area contributed by atoms with E-state index in [4.69, 9.17) is 5.73 Å². The molecule has 0 radical (unpaired) electrons. The van der Waals surface area contributed by atoms with E-state index in [1.165, 1.54) is 6.20 Å². The van der Waals surface area contributed by atoms with Gasteiger partial charge in [0.1, 0.15) is 0 Å². The van der Waals surface area contributed by atoms with Crippen LogP contribution in [0.1, 0.15) is 15.9 Å². The van der Waals surface area contributed by atoms with Gasteiger partial charge in [-0.3, -0.25) is 14.3 Å². The summed E-state index contributed by atoms with van der Waals surface area (Å²) in [4.78, 5) is 34.9. The van der Waals surface area contributed by atoms with Gasteiger partial charge in [-0.15, -0.1) is 0 Å². The average molecular weight is 392 g/mol. The van der Waals surface area contributed by atoms with E-state index in [-0.39, 0.29) is 12.5 Å². The monoisotopic (exact) mass is 392 g/mol. The normalized spacial score (nSPS) is 10.2. The van der Waals surface area contributed by atoms with Crippen molar-refractivity contribution in [3.8, 4) is 0 Å². The Kier molecular flexibility index (Phi) is 6.21. The molecule has 0 aliphatic carbocycles. The molecule has 4 amide bonds. The lowest BCUT2D eigenvalue weighted by Crippen LogP contribution is -2.36. The lowest BCUT2D eigenvalue weighted by molar-refractivity contribution is -0.115. The van der Waals surface area contributed by atoms with Gasteiger partial charge >= 0.3 is 6.03 Å². The summed E-state index contributed by atoms with van der Waals surface area (Å²) < 4.78 is 1.69. The topological polar surface area (TPSA) is 131 Å². The van der Waals surface area contributed by atoms with Crippen molar-refractivity contribution < 1.29 is 14.4 Å². The van der Waals surface area contributed by atoms with Crippen molar-refractivity contribution in [1.82, 2.24) is 15.1 Å². The van der Waals surface area contributed by atoms with E-state index in [9.17, 15) is 14.4 Å². The van der Waals surface area contributed by atoms with Crippen LogP contribution in [-0.2, 0) is 11.3 Å². The summed E-state index contributed by atoms with van der Waals surface area (Å²) in [6.45, 7) is 0.321. The SMILES string of the molecule is NC(=O)NCC(=O)Nc1cccc(NC(=O)c2cnn(Cc3ccccc3)c2)c1. The molecule has 5 N–H and O–H groups in total. The quantitative estimate of drug-likeness (QED) is 0.488. The fourth-order valence-corrected chi connectivity index (χ4v) is 2.59. The first-order valence-corrected chi connectivity index (χ1v) is 8.80. The highest BCUT2D eigenvalue weighted by atomic mass is 16.2. The summed E-state index contributed by atoms with van der Waals surface area (Å²) in [7, 11) is 0. The highest BCUT2D eigenvalue weighted by Crippen LogP contribution is 2.16. The minimum absolute atomic E-state index is 0.244. The van der Waals surface area contributed by atoms with Crippen LogP contribution in [-0.4, -0.2) is 34.2 Å². The lowest BCUT2D eigenvalue weighted by atomic mass is 10.2. The Balaban J connectivity index is 1.59. The summed E-state index contributed by atoms with van der Waals surface area (Å²) >= 11 is 0. The molecule has 9 nitrogen and oxygen atoms in total. The Bertz CT molecular complexity index is 1020. The van der Waals surface area contributed by atoms with Crippen LogP contribution in [0.2, 0.25) is 0 Å². The van der Waals surface area contributed by atoms with E-state index >= 15 is 0 Å². The summed E-state index contributed by atoms with van der Waals surface area (Å²) in [5.74, 6) is -0.752. The fourth-order valence-electron chi connectivity index (χ4n) is 2.59. The number of amides is 4. The first-order valence-electron chi connectivity index (χ1n) is 8.80. The van der Waals surface area contributed by atoms with E-state index < -0.39 is 11.9 Å². The Morgan fingerprint density at radius 1 is 0.966 bits per heavy atom. The molecule has 0 unspecified atom stereocenters. The van der Waals surface area contributed by atoms with Crippen LogP contribution in [0.4, 0.5) is 16.2 Å². The number of anilines is 2. The van der Waals surface area contributed by atoms with Gasteiger partial charge in [-0.05, 0) is 23.8 Å². The molecule has 1 aromatic heterocycles. The number of nitrogens with two attached hydrogens (primary N) is 1. The van der Waals surface area contributed by atoms with Crippen LogP contribution >= 0.6 is 0 Å². The Morgan fingerprint density at radius 2 is 1.69 bits per heavy atom. The maximum absolute atomic E-state index is 12.5. The number of hydrogen-bond acceptors (Lipinski definition) is 4. The van der Waals surface area contributed by atoms with E-state index in [0.29, 0.717) is 23.5 Å². The zero-order valence-corrected chi connectivity index (χ0v) is 15.5. The fraction of sp³-hybridized carbons (Fsp3) is 0.100. The average Bonchev–Trinajstić information content (AvgIpc) is 3.16. The molecule has 3 rings (SSSR count). The third-order valence-electron chi connectivity index (χ3n) is 3.91. The van der Waals surface area contributed by atoms with Crippen LogP contribution in [0, 0.1) is 0 Å². The van der Waals surface area contributed by atoms with Gasteiger partial charge in [0.2, 0.25) is 5.91 Å². The van der Waals surface area contributed by atoms with Gasteiger partial charge in [-0.25, -0.2) is 4.79 Å². The Morgan fingerprint density at radius 3 is 2.41 bits per heavy atom. The van der Waals surface area contributed by atoms with Crippen LogP contribution in [0.3, 0.4) is 0 Å². The molecule has 9 heteroatoms. The van der Waals surface area contributed by atoms with Crippen LogP contribution in [0.25, 0.3) is 0 Å². The largest absolute Gasteiger partial charge is 0.352 e. The molecule has 0 saturated heterocycles. The number of hydrogen-bond donors (Lipinski definition) is 4. The number of rotatable bonds is 7. The van der Waals surface area contributed by atoms with Crippen molar-refractivity contribution in [3.63, 3.8) is 0 Å². The number of carbonyl (C=O) groups is 3. The summed E-state index contributed by atoms with van der Waals surface area (Å²) in [5, 5.41) is 11.8. The molecule has 148 valence electrons. The predicted octanol–water partition coefficient (Wildman–Crippen LogP) is 1.79. The van der Waals surface area contributed by atoms with Crippen molar-refractivity contribution >= 4 is 29.2 Å². The number of benzene rings is 2. The van der Waals surface area contributed by atoms with Gasteiger partial charge in [0.05, 0.1) is 24.8 Å². The minimum Gasteiger partial charge on any atom is -0.352 e. The maximum atomic E-state index is 12.5. The second-order valence-corrected chi connectivity index (χ2v) is 6.21. The highest BCUT2D eigenvalue weighted by molar-refractivity contribution is 6.04. The maximum Gasteiger partial charge on any atom is 0.312 e. The van der Waals surface area contributed by atoms with Gasteiger partial charge < -0.3 is 21.7 Å². The highest BCUT2D eigenvalue weighted by Gasteiger charge is 2.10. The van der Waals surface area contributed by atoms with Gasteiger partial charge in [-0.2, -0.15) is 5.10 Å². The summed E-state index contributed by atoms with van der Waals surface area (Å²) in [5.41, 5.74) is 7.40. The summed E-state index contributed by atoms with van der Waals surface area (Å²) in [6.07, 6.45) is 3.17. The third-order valence-corrected chi connectivity index (χ3v) is 3.91. The third kappa shape index (κ3) is 5.93. The number of aromatic nitrogens is 2. The summed E-state index contributed by atoms with van der Waals surface area (Å²) in [6, 6.07) is 15.7. The number of urea groups is 1. The van der Waals surface area contributed by atoms with Crippen molar-refractivity contribution in [2.75, 3.05) is 17.2 Å². The molecule has 1 heterocycles. The van der Waals surface area contributed by atoms with Crippen LogP contribution < -0.4 is 21.7 Å². The lowest BCUT2D eigenvalue weighted by Gasteiger charge is -2.08. The Labute approximate surface area is 166 Å². The van der Waals surface area contributed by atoms with Gasteiger partial charge in [-0.1, -0.05) is 36.4 Å². The van der Waals surface area contributed by atoms with Gasteiger partial charge in [0, 0.05) is 17.6 Å². The molecule has 0 fully saturated rings. The van der Waals surface area contributed by atoms with E-state index in [1.54, 1.807) is 35.1 Å². The van der Waals surface area contributed by atoms with Crippen LogP contribution in [0.5, 0.6) is 0 Å². The molecule has 0 saturated carbocycles. The van der Waals surface area contributed by atoms with Crippen molar-refractivity contribution in [2.45, 2.75) is 6.54 Å². The second kappa shape index (κ2) is 9.18. The molecule has 29 heavy (non-hydrogen) atoms. The molecule has 3 aromatic rings. The standard InChI is InChI=1S/C20H20N6O3/c21-20(29)22-11-18(27)24-16-7-4-8-17(9-16)25-19(28)15-10-23-26(13-15)12-14-5-2-1-3-6-14/h1-10,13H,11-12H2,(H,24,27)(H,25,28)(H3,21,22,29). The number of primary amides is 1. The van der Waals surface area contributed by atoms with E-state index in [1.807, 2.05) is 30.3 Å². The van der Waals surface area contributed by atoms with Crippen molar-refractivity contribution in [3.05, 3.63) is 78.1 Å². The minimum atomic E-state index is -0.783. The molecule has 0 bridgehead atoms. The second-order valence-electron chi connectivity index (χ2n) is 6.21. The van der Waals surface area contributed by atoms with Gasteiger partial charge in [0.15, 0.2) is 0 Å². The Hall–Kier alpha value is -4.14. The zero-order chi connectivity index (χ0) is 20.6. The molecule has 0 spiro atoms. The van der Waals surface area contributed by atoms with Crippen LogP contribution in [0.15, 0.2) is 67.0 Å². The number of nitrogens with one attached hydrogen (secondary N) is 3. The molecule has 0 atom stereocenters. The first-order chi connectivity index (χ1) is 14.0. The van der Waals surface area contributed by atoms with Crippen molar-refractivity contribution in [1.29, 1.82) is 0 Å². The zero-order valence-electron chi connectivity index (χ0n) is 15.5. The van der Waals surface area contributed by atoms with E-state index in [2.05, 4.69) is 21.0 Å². The smallest absolute Gasteiger partial charge is 0.312 e. The van der Waals surface area contributed by atoms with E-state index in [0.717, 1.165) is 5.56 Å². The molecule has 2 aromatic carbocycles. The molecular formula is C20H20N6O3. The van der Waals surface area contributed by atoms with Crippen molar-refractivity contribution in [2.24, 2.45) is 5.73 Å². The predicted molar refractivity (Wildman–Crippen MR) is 108 cm³/mol. The molecular weight excluding hydrogens is 372 g/mol. The molecule has 0 aliphatic rings. The number of nitrogens with zero attached hydrogens (tertiary/aromatic N) is 2. The number of carbonyl (C=O) groups excluding carboxylic acids is 3. The van der Waals surface area contributed by atoms with Gasteiger partial charge in [0.25, 0.3) is 5.91 Å². The first kappa shape index (κ1) is 19.6.